The number of hydrogen-bond donors (Lipinski definition) is 2. The maximum atomic E-state index is 13.4. The van der Waals surface area contributed by atoms with Gasteiger partial charge in [0.15, 0.2) is 0 Å². The van der Waals surface area contributed by atoms with Gasteiger partial charge in [-0.2, -0.15) is 13.2 Å². The number of β-amino-alcohol motifs (C(OH)–C–C–N with tert-alkyl or cyclic N) is 1. The van der Waals surface area contributed by atoms with Crippen molar-refractivity contribution in [1.29, 1.82) is 0 Å². The molecule has 4 heterocycles. The van der Waals surface area contributed by atoms with Crippen molar-refractivity contribution in [3.8, 4) is 0 Å². The SMILES string of the molecule is O=C(NCC(c1cnc(C(F)(F)F)nc1)N1CCCCC1)c1c(Cl)ccc2nc(N3CC[C@H](O)C3)ccc12. The highest BCUT2D eigenvalue weighted by atomic mass is 35.5. The molecule has 2 N–H and O–H groups in total. The zero-order valence-electron chi connectivity index (χ0n) is 20.6. The van der Waals surface area contributed by atoms with Gasteiger partial charge in [-0.15, -0.1) is 0 Å². The maximum absolute atomic E-state index is 13.4. The van der Waals surface area contributed by atoms with Crippen molar-refractivity contribution in [2.75, 3.05) is 37.6 Å². The van der Waals surface area contributed by atoms with Crippen molar-refractivity contribution >= 4 is 34.2 Å². The number of carbonyl (C=O) groups is 1. The molecule has 3 aromatic rings. The molecular weight excluding hydrogens is 521 g/mol. The smallest absolute Gasteiger partial charge is 0.391 e. The van der Waals surface area contributed by atoms with E-state index in [4.69, 9.17) is 11.6 Å². The number of amides is 1. The molecule has 2 aliphatic rings. The van der Waals surface area contributed by atoms with Crippen LogP contribution in [0, 0.1) is 0 Å². The molecule has 0 aliphatic carbocycles. The van der Waals surface area contributed by atoms with Gasteiger partial charge < -0.3 is 15.3 Å². The first-order valence-corrected chi connectivity index (χ1v) is 13.0. The van der Waals surface area contributed by atoms with Crippen LogP contribution in [-0.2, 0) is 6.18 Å². The first kappa shape index (κ1) is 26.6. The Morgan fingerprint density at radius 1 is 1.11 bits per heavy atom. The summed E-state index contributed by atoms with van der Waals surface area (Å²) in [6.45, 7) is 2.87. The summed E-state index contributed by atoms with van der Waals surface area (Å²) in [6.07, 6.45) is 1.04. The number of benzene rings is 1. The highest BCUT2D eigenvalue weighted by Crippen LogP contribution is 2.30. The number of likely N-dealkylation sites (tertiary alicyclic amines) is 1. The van der Waals surface area contributed by atoms with E-state index in [1.165, 1.54) is 12.4 Å². The molecule has 2 aliphatic heterocycles. The number of aliphatic hydroxyl groups is 1. The number of rotatable bonds is 6. The van der Waals surface area contributed by atoms with Gasteiger partial charge in [0.2, 0.25) is 5.82 Å². The molecule has 2 fully saturated rings. The van der Waals surface area contributed by atoms with Gasteiger partial charge in [0, 0.05) is 43.0 Å². The van der Waals surface area contributed by atoms with Crippen molar-refractivity contribution in [2.45, 2.75) is 44.0 Å². The standard InChI is InChI=1S/C26H28ClF3N6O2/c27-19-5-6-20-18(4-7-22(34-20)36-11-8-17(37)15-36)23(19)24(38)31-14-21(35-9-2-1-3-10-35)16-12-32-25(33-13-16)26(28,29)30/h4-7,12-13,17,21,37H,1-3,8-11,14-15H2,(H,31,38)/t17-,21?/m0/s1. The summed E-state index contributed by atoms with van der Waals surface area (Å²) in [5.41, 5.74) is 1.39. The fraction of sp³-hybridized carbons (Fsp3) is 0.462. The molecule has 0 bridgehead atoms. The fourth-order valence-corrected chi connectivity index (χ4v) is 5.40. The van der Waals surface area contributed by atoms with E-state index in [0.29, 0.717) is 36.0 Å². The number of aromatic nitrogens is 3. The number of alkyl halides is 3. The van der Waals surface area contributed by atoms with Gasteiger partial charge in [0.25, 0.3) is 5.91 Å². The Hall–Kier alpha value is -3.02. The molecule has 8 nitrogen and oxygen atoms in total. The molecule has 0 radical (unpaired) electrons. The average molecular weight is 549 g/mol. The number of piperidine rings is 1. The molecule has 1 amide bonds. The Balaban J connectivity index is 1.38. The summed E-state index contributed by atoms with van der Waals surface area (Å²) in [6, 6.07) is 6.60. The zero-order valence-corrected chi connectivity index (χ0v) is 21.3. The van der Waals surface area contributed by atoms with E-state index >= 15 is 0 Å². The number of nitrogens with zero attached hydrogens (tertiary/aromatic N) is 5. The number of nitrogens with one attached hydrogen (secondary N) is 1. The Bertz CT molecular complexity index is 1300. The van der Waals surface area contributed by atoms with Crippen LogP contribution in [-0.4, -0.2) is 69.7 Å². The minimum absolute atomic E-state index is 0.150. The molecule has 2 saturated heterocycles. The van der Waals surface area contributed by atoms with E-state index in [2.05, 4.69) is 25.2 Å². The van der Waals surface area contributed by atoms with E-state index < -0.39 is 17.9 Å². The highest BCUT2D eigenvalue weighted by molar-refractivity contribution is 6.35. The Morgan fingerprint density at radius 2 is 1.84 bits per heavy atom. The first-order chi connectivity index (χ1) is 18.2. The number of pyridine rings is 1. The maximum Gasteiger partial charge on any atom is 0.451 e. The highest BCUT2D eigenvalue weighted by Gasteiger charge is 2.35. The minimum atomic E-state index is -4.62. The molecule has 202 valence electrons. The average Bonchev–Trinajstić information content (AvgIpc) is 3.35. The summed E-state index contributed by atoms with van der Waals surface area (Å²) in [4.78, 5) is 29.3. The van der Waals surface area contributed by atoms with Crippen molar-refractivity contribution in [2.24, 2.45) is 0 Å². The third-order valence-electron chi connectivity index (χ3n) is 7.12. The van der Waals surface area contributed by atoms with Crippen LogP contribution in [0.3, 0.4) is 0 Å². The van der Waals surface area contributed by atoms with Crippen LogP contribution in [0.2, 0.25) is 5.02 Å². The van der Waals surface area contributed by atoms with Gasteiger partial charge in [0.05, 0.1) is 28.2 Å². The van der Waals surface area contributed by atoms with Crippen molar-refractivity contribution in [1.82, 2.24) is 25.2 Å². The summed E-state index contributed by atoms with van der Waals surface area (Å²) in [5, 5.41) is 13.7. The quantitative estimate of drug-likeness (QED) is 0.476. The van der Waals surface area contributed by atoms with Crippen molar-refractivity contribution in [3.63, 3.8) is 0 Å². The normalized spacial score (nSPS) is 19.6. The Morgan fingerprint density at radius 3 is 2.50 bits per heavy atom. The molecule has 1 aromatic carbocycles. The lowest BCUT2D eigenvalue weighted by molar-refractivity contribution is -0.145. The van der Waals surface area contributed by atoms with Crippen LogP contribution in [0.5, 0.6) is 0 Å². The lowest BCUT2D eigenvalue weighted by atomic mass is 10.0. The van der Waals surface area contributed by atoms with Gasteiger partial charge in [-0.05, 0) is 56.6 Å². The second-order valence-corrected chi connectivity index (χ2v) is 10.1. The number of hydrogen-bond acceptors (Lipinski definition) is 7. The van der Waals surface area contributed by atoms with Crippen LogP contribution in [0.1, 0.15) is 53.5 Å². The van der Waals surface area contributed by atoms with Crippen LogP contribution in [0.4, 0.5) is 19.0 Å². The first-order valence-electron chi connectivity index (χ1n) is 12.6. The van der Waals surface area contributed by atoms with Crippen LogP contribution >= 0.6 is 11.6 Å². The van der Waals surface area contributed by atoms with E-state index in [-0.39, 0.29) is 29.3 Å². The summed E-state index contributed by atoms with van der Waals surface area (Å²) < 4.78 is 39.0. The topological polar surface area (TPSA) is 94.5 Å². The van der Waals surface area contributed by atoms with Crippen molar-refractivity contribution < 1.29 is 23.1 Å². The Labute approximate surface area is 222 Å². The van der Waals surface area contributed by atoms with E-state index in [1.54, 1.807) is 18.2 Å². The molecule has 1 unspecified atom stereocenters. The summed E-state index contributed by atoms with van der Waals surface area (Å²) in [5.74, 6) is -0.877. The molecule has 2 aromatic heterocycles. The number of anilines is 1. The lowest BCUT2D eigenvalue weighted by Gasteiger charge is -2.34. The van der Waals surface area contributed by atoms with Crippen LogP contribution < -0.4 is 10.2 Å². The number of fused-ring (bicyclic) bond motifs is 1. The van der Waals surface area contributed by atoms with Gasteiger partial charge in [-0.1, -0.05) is 18.0 Å². The van der Waals surface area contributed by atoms with E-state index in [1.807, 2.05) is 11.0 Å². The predicted molar refractivity (Wildman–Crippen MR) is 137 cm³/mol. The van der Waals surface area contributed by atoms with Gasteiger partial charge >= 0.3 is 6.18 Å². The van der Waals surface area contributed by atoms with Gasteiger partial charge in [-0.25, -0.2) is 15.0 Å². The number of aliphatic hydroxyl groups excluding tert-OH is 1. The fourth-order valence-electron chi connectivity index (χ4n) is 5.15. The monoisotopic (exact) mass is 548 g/mol. The summed E-state index contributed by atoms with van der Waals surface area (Å²) in [7, 11) is 0. The molecule has 38 heavy (non-hydrogen) atoms. The van der Waals surface area contributed by atoms with E-state index in [9.17, 15) is 23.1 Å². The molecule has 12 heteroatoms. The molecule has 0 spiro atoms. The second kappa shape index (κ2) is 11.0. The van der Waals surface area contributed by atoms with Crippen molar-refractivity contribution in [3.05, 3.63) is 58.6 Å². The Kier molecular flexibility index (Phi) is 7.69. The summed E-state index contributed by atoms with van der Waals surface area (Å²) >= 11 is 6.46. The minimum Gasteiger partial charge on any atom is -0.391 e. The van der Waals surface area contributed by atoms with Crippen LogP contribution in [0.25, 0.3) is 10.9 Å². The number of carbonyl (C=O) groups excluding carboxylic acids is 1. The molecular formula is C26H28ClF3N6O2. The molecule has 2 atom stereocenters. The van der Waals surface area contributed by atoms with E-state index in [0.717, 1.165) is 38.2 Å². The second-order valence-electron chi connectivity index (χ2n) is 9.71. The third-order valence-corrected chi connectivity index (χ3v) is 7.43. The molecule has 0 saturated carbocycles. The van der Waals surface area contributed by atoms with Gasteiger partial charge in [-0.3, -0.25) is 9.69 Å². The van der Waals surface area contributed by atoms with Crippen LogP contribution in [0.15, 0.2) is 36.7 Å². The predicted octanol–water partition coefficient (Wildman–Crippen LogP) is 4.23. The number of halogens is 4. The largest absolute Gasteiger partial charge is 0.451 e. The zero-order chi connectivity index (χ0) is 26.9. The molecule has 5 rings (SSSR count). The van der Waals surface area contributed by atoms with Gasteiger partial charge in [0.1, 0.15) is 5.82 Å². The lowest BCUT2D eigenvalue weighted by Crippen LogP contribution is -2.41. The third kappa shape index (κ3) is 5.69.